The number of aromatic nitrogens is 3. The van der Waals surface area contributed by atoms with Crippen molar-refractivity contribution in [3.05, 3.63) is 65.1 Å². The van der Waals surface area contributed by atoms with Crippen molar-refractivity contribution in [1.29, 1.82) is 5.26 Å². The van der Waals surface area contributed by atoms with Crippen LogP contribution in [0.25, 0.3) is 11.0 Å². The Morgan fingerprint density at radius 2 is 1.94 bits per heavy atom. The average Bonchev–Trinajstić information content (AvgIpc) is 3.21. The summed E-state index contributed by atoms with van der Waals surface area (Å²) in [5.41, 5.74) is 3.52. The van der Waals surface area contributed by atoms with Gasteiger partial charge in [0.05, 0.1) is 35.1 Å². The first-order valence-corrected chi connectivity index (χ1v) is 11.7. The monoisotopic (exact) mass is 491 g/mol. The molecule has 1 aliphatic rings. The molecule has 4 aromatic rings. The molecule has 8 nitrogen and oxygen atoms in total. The molecule has 0 amide bonds. The quantitative estimate of drug-likeness (QED) is 0.368. The third-order valence-corrected chi connectivity index (χ3v) is 6.36. The number of nitrogens with zero attached hydrogens (tertiary/aromatic N) is 4. The molecule has 4 N–H and O–H groups in total. The predicted molar refractivity (Wildman–Crippen MR) is 136 cm³/mol. The largest absolute Gasteiger partial charge is 0.367 e. The van der Waals surface area contributed by atoms with Crippen molar-refractivity contribution in [3.8, 4) is 6.07 Å². The van der Waals surface area contributed by atoms with Crippen molar-refractivity contribution >= 4 is 51.5 Å². The summed E-state index contributed by atoms with van der Waals surface area (Å²) in [6.07, 6.45) is 1.99. The number of piperazine rings is 1. The molecule has 0 radical (unpaired) electrons. The first kappa shape index (κ1) is 22.9. The second kappa shape index (κ2) is 9.78. The highest BCUT2D eigenvalue weighted by Gasteiger charge is 2.20. The predicted octanol–water partition coefficient (Wildman–Crippen LogP) is 4.47. The normalized spacial score (nSPS) is 14.2. The summed E-state index contributed by atoms with van der Waals surface area (Å²) < 4.78 is 15.0. The Balaban J connectivity index is 1.42. The molecule has 1 saturated heterocycles. The van der Waals surface area contributed by atoms with E-state index in [1.54, 1.807) is 12.3 Å². The van der Waals surface area contributed by atoms with E-state index in [4.69, 9.17) is 16.9 Å². The zero-order valence-electron chi connectivity index (χ0n) is 19.2. The van der Waals surface area contributed by atoms with Crippen LogP contribution in [-0.2, 0) is 6.42 Å². The number of nitrogens with one attached hydrogen (secondary N) is 4. The maximum Gasteiger partial charge on any atom is 0.351 e. The van der Waals surface area contributed by atoms with Gasteiger partial charge in [0.1, 0.15) is 11.2 Å². The molecular weight excluding hydrogens is 467 g/mol. The lowest BCUT2D eigenvalue weighted by Gasteiger charge is -2.34. The van der Waals surface area contributed by atoms with Gasteiger partial charge in [0.15, 0.2) is 0 Å². The minimum Gasteiger partial charge on any atom is -0.367 e. The molecule has 3 heterocycles. The summed E-state index contributed by atoms with van der Waals surface area (Å²) in [4.78, 5) is 15.2. The van der Waals surface area contributed by atoms with Crippen LogP contribution in [-0.4, -0.2) is 48.1 Å². The van der Waals surface area contributed by atoms with Crippen molar-refractivity contribution in [2.24, 2.45) is 0 Å². The van der Waals surface area contributed by atoms with Crippen molar-refractivity contribution < 1.29 is 9.37 Å². The fraction of sp³-hybridized carbons (Fsp3) is 0.240. The summed E-state index contributed by atoms with van der Waals surface area (Å²) >= 11 is 6.41. The highest BCUT2D eigenvalue weighted by molar-refractivity contribution is 6.36. The lowest BCUT2D eigenvalue weighted by molar-refractivity contribution is -0.333. The number of halogens is 2. The molecule has 0 atom stereocenters. The van der Waals surface area contributed by atoms with E-state index in [0.717, 1.165) is 37.4 Å². The first-order valence-electron chi connectivity index (χ1n) is 11.3. The molecule has 0 saturated carbocycles. The smallest absolute Gasteiger partial charge is 0.351 e. The number of nitriles is 1. The molecule has 1 fully saturated rings. The molecule has 0 spiro atoms. The first-order chi connectivity index (χ1) is 17.0. The van der Waals surface area contributed by atoms with Gasteiger partial charge in [-0.1, -0.05) is 28.7 Å². The van der Waals surface area contributed by atoms with Gasteiger partial charge < -0.3 is 15.1 Å². The third-order valence-electron chi connectivity index (χ3n) is 6.06. The molecule has 0 aliphatic carbocycles. The maximum absolute atomic E-state index is 15.0. The number of H-pyrrole nitrogens is 2. The van der Waals surface area contributed by atoms with Crippen molar-refractivity contribution in [3.63, 3.8) is 0 Å². The van der Waals surface area contributed by atoms with E-state index in [-0.39, 0.29) is 5.82 Å². The number of hydrogen-bond acceptors (Lipinski definition) is 6. The molecule has 5 rings (SSSR count). The van der Waals surface area contributed by atoms with Crippen LogP contribution in [0.3, 0.4) is 0 Å². The Morgan fingerprint density at radius 3 is 2.71 bits per heavy atom. The van der Waals surface area contributed by atoms with Crippen molar-refractivity contribution in [2.45, 2.75) is 6.42 Å². The topological polar surface area (TPSA) is 97.1 Å². The minimum absolute atomic E-state index is 0.281. The standard InChI is InChI=1S/C25H24ClFN8/c1-34-9-11-35(12-10-34)21-6-5-18(14-20(21)27)31-25-32-23-22(19(26)15-29-23)24(33-25)30-17-4-2-3-16(13-17)7-8-28/h2-6,13-15H,7,9-12H2,1H3,(H3,29,30,31,32,33)/p+1. The lowest BCUT2D eigenvalue weighted by Crippen LogP contribution is -2.44. The third kappa shape index (κ3) is 4.99. The number of hydrogen-bond donors (Lipinski definition) is 3. The number of benzene rings is 2. The summed E-state index contributed by atoms with van der Waals surface area (Å²) in [5, 5.41) is 16.7. The number of fused-ring (bicyclic) bond motifs is 1. The van der Waals surface area contributed by atoms with Crippen molar-refractivity contribution in [2.75, 3.05) is 48.8 Å². The Bertz CT molecular complexity index is 1400. The average molecular weight is 492 g/mol. The second-order valence-electron chi connectivity index (χ2n) is 8.56. The Morgan fingerprint density at radius 1 is 1.14 bits per heavy atom. The summed E-state index contributed by atoms with van der Waals surface area (Å²) in [6.45, 7) is 3.41. The Hall–Kier alpha value is -3.87. The number of likely N-dealkylation sites (N-methyl/N-ethyl adjacent to an activating group) is 1. The molecule has 178 valence electrons. The van der Waals surface area contributed by atoms with Gasteiger partial charge >= 0.3 is 5.95 Å². The number of anilines is 5. The van der Waals surface area contributed by atoms with E-state index in [0.29, 0.717) is 45.6 Å². The SMILES string of the molecule is CN1CCN(c2ccc(Nc3nc(Nc4cccc(CC#N)c4)c4c(Cl)c[nH]c4[nH+]3)cc2F)CC1. The van der Waals surface area contributed by atoms with Gasteiger partial charge in [-0.25, -0.2) is 9.37 Å². The highest BCUT2D eigenvalue weighted by atomic mass is 35.5. The fourth-order valence-electron chi connectivity index (χ4n) is 4.21. The zero-order valence-corrected chi connectivity index (χ0v) is 20.0. The van der Waals surface area contributed by atoms with E-state index < -0.39 is 0 Å². The van der Waals surface area contributed by atoms with Gasteiger partial charge in [-0.15, -0.1) is 0 Å². The van der Waals surface area contributed by atoms with Crippen LogP contribution in [0.1, 0.15) is 5.56 Å². The van der Waals surface area contributed by atoms with E-state index in [2.05, 4.69) is 48.5 Å². The van der Waals surface area contributed by atoms with Gasteiger partial charge in [0.25, 0.3) is 0 Å². The second-order valence-corrected chi connectivity index (χ2v) is 8.97. The maximum atomic E-state index is 15.0. The van der Waals surface area contributed by atoms with Crippen LogP contribution in [0.2, 0.25) is 5.02 Å². The molecule has 2 aromatic carbocycles. The summed E-state index contributed by atoms with van der Waals surface area (Å²) in [5.74, 6) is 0.658. The number of aromatic amines is 2. The molecule has 35 heavy (non-hydrogen) atoms. The van der Waals surface area contributed by atoms with Gasteiger partial charge in [0.2, 0.25) is 11.5 Å². The minimum atomic E-state index is -0.281. The van der Waals surface area contributed by atoms with Crippen LogP contribution >= 0.6 is 11.6 Å². The number of rotatable bonds is 6. The van der Waals surface area contributed by atoms with E-state index in [1.165, 1.54) is 6.07 Å². The molecule has 1 aliphatic heterocycles. The van der Waals surface area contributed by atoms with Gasteiger partial charge in [-0.3, -0.25) is 10.3 Å². The van der Waals surface area contributed by atoms with Crippen LogP contribution in [0.15, 0.2) is 48.7 Å². The molecular formula is C25H25ClFN8+. The van der Waals surface area contributed by atoms with E-state index >= 15 is 0 Å². The summed E-state index contributed by atoms with van der Waals surface area (Å²) in [7, 11) is 2.07. The van der Waals surface area contributed by atoms with Crippen molar-refractivity contribution in [1.82, 2.24) is 14.9 Å². The Labute approximate surface area is 207 Å². The zero-order chi connectivity index (χ0) is 24.4. The van der Waals surface area contributed by atoms with Crippen LogP contribution in [0.4, 0.5) is 33.2 Å². The molecule has 2 aromatic heterocycles. The van der Waals surface area contributed by atoms with Crippen LogP contribution in [0, 0.1) is 17.1 Å². The van der Waals surface area contributed by atoms with Gasteiger partial charge in [-0.05, 0) is 36.9 Å². The van der Waals surface area contributed by atoms with E-state index in [1.807, 2.05) is 30.3 Å². The highest BCUT2D eigenvalue weighted by Crippen LogP contribution is 2.31. The van der Waals surface area contributed by atoms with E-state index in [9.17, 15) is 4.39 Å². The Kier molecular flexibility index (Phi) is 6.40. The molecule has 10 heteroatoms. The fourth-order valence-corrected chi connectivity index (χ4v) is 4.44. The lowest BCUT2D eigenvalue weighted by atomic mass is 10.1. The summed E-state index contributed by atoms with van der Waals surface area (Å²) in [6, 6.07) is 14.8. The van der Waals surface area contributed by atoms with Crippen LogP contribution in [0.5, 0.6) is 0 Å². The van der Waals surface area contributed by atoms with Crippen LogP contribution < -0.4 is 20.5 Å². The van der Waals surface area contributed by atoms with Gasteiger partial charge in [-0.2, -0.15) is 5.26 Å². The molecule has 0 unspecified atom stereocenters. The van der Waals surface area contributed by atoms with Gasteiger partial charge in [0, 0.05) is 37.9 Å². The molecule has 0 bridgehead atoms.